The van der Waals surface area contributed by atoms with Gasteiger partial charge in [-0.25, -0.2) is 4.79 Å². The highest BCUT2D eigenvalue weighted by Crippen LogP contribution is 2.33. The number of hydrogen-bond donors (Lipinski definition) is 4. The molecule has 0 spiro atoms. The van der Waals surface area contributed by atoms with Crippen LogP contribution in [0, 0.1) is 11.3 Å². The van der Waals surface area contributed by atoms with Crippen LogP contribution in [0.2, 0.25) is 0 Å². The summed E-state index contributed by atoms with van der Waals surface area (Å²) in [6, 6.07) is 7.47. The predicted octanol–water partition coefficient (Wildman–Crippen LogP) is 5.27. The smallest absolute Gasteiger partial charge is 0.407 e. The minimum Gasteiger partial charge on any atom is -0.446 e. The largest absolute Gasteiger partial charge is 0.446 e. The lowest BCUT2D eigenvalue weighted by molar-refractivity contribution is -0.120. The molecule has 0 saturated heterocycles. The molecule has 1 aliphatic carbocycles. The lowest BCUT2D eigenvalue weighted by Gasteiger charge is -2.30. The molecule has 0 bridgehead atoms. The van der Waals surface area contributed by atoms with Crippen molar-refractivity contribution in [2.45, 2.75) is 92.6 Å². The molecule has 40 heavy (non-hydrogen) atoms. The molecule has 1 heterocycles. The molecule has 3 amide bonds. The van der Waals surface area contributed by atoms with Gasteiger partial charge in [-0.2, -0.15) is 5.10 Å². The molecule has 1 aromatic carbocycles. The van der Waals surface area contributed by atoms with Crippen LogP contribution in [0.1, 0.15) is 102 Å². The number of nitrogens with zero attached hydrogens (tertiary/aromatic N) is 1. The SMILES string of the molecule is CCC.CCC(=O)NCCNC(=O)c1ccc(C2=NNC=C3CCC(OC(=O)NCC(C)(C)C)CCCC32)cc1. The summed E-state index contributed by atoms with van der Waals surface area (Å²) in [4.78, 5) is 36.0. The quantitative estimate of drug-likeness (QED) is 0.326. The molecule has 4 N–H and O–H groups in total. The molecule has 9 heteroatoms. The van der Waals surface area contributed by atoms with E-state index < -0.39 is 0 Å². The van der Waals surface area contributed by atoms with E-state index in [0.717, 1.165) is 43.4 Å². The standard InChI is InChI=1S/C28H41N5O4.C3H8/c1-5-24(34)29-15-16-30-26(35)20-11-9-19(10-12-20)25-23-8-6-7-22(14-13-21(23)17-32-33-25)37-27(36)31-18-28(2,3)4;1-3-2/h9-12,17,22-23,32H,5-8,13-16,18H2,1-4H3,(H,29,34)(H,30,35)(H,31,36);3H2,1-2H3. The number of hydrazone groups is 1. The van der Waals surface area contributed by atoms with Gasteiger partial charge < -0.3 is 20.7 Å². The first-order valence-electron chi connectivity index (χ1n) is 14.7. The van der Waals surface area contributed by atoms with Crippen LogP contribution < -0.4 is 21.4 Å². The Hall–Kier alpha value is -3.36. The number of rotatable bonds is 8. The van der Waals surface area contributed by atoms with Gasteiger partial charge in [-0.1, -0.05) is 60.1 Å². The van der Waals surface area contributed by atoms with Gasteiger partial charge in [0.25, 0.3) is 5.91 Å². The zero-order valence-electron chi connectivity index (χ0n) is 25.2. The predicted molar refractivity (Wildman–Crippen MR) is 160 cm³/mol. The van der Waals surface area contributed by atoms with Crippen LogP contribution in [-0.4, -0.2) is 49.4 Å². The van der Waals surface area contributed by atoms with Crippen LogP contribution in [0.25, 0.3) is 0 Å². The fourth-order valence-corrected chi connectivity index (χ4v) is 4.44. The fourth-order valence-electron chi connectivity index (χ4n) is 4.44. The van der Waals surface area contributed by atoms with E-state index in [2.05, 4.69) is 61.1 Å². The average molecular weight is 556 g/mol. The van der Waals surface area contributed by atoms with Crippen molar-refractivity contribution in [2.75, 3.05) is 19.6 Å². The molecule has 1 fully saturated rings. The number of hydrogen-bond acceptors (Lipinski definition) is 6. The van der Waals surface area contributed by atoms with Crippen LogP contribution >= 0.6 is 0 Å². The van der Waals surface area contributed by atoms with E-state index in [1.807, 2.05) is 18.3 Å². The third-order valence-electron chi connectivity index (χ3n) is 6.52. The van der Waals surface area contributed by atoms with Crippen LogP contribution in [0.15, 0.2) is 41.1 Å². The highest BCUT2D eigenvalue weighted by atomic mass is 16.6. The van der Waals surface area contributed by atoms with E-state index in [1.165, 1.54) is 12.0 Å². The lowest BCUT2D eigenvalue weighted by atomic mass is 9.80. The first-order valence-corrected chi connectivity index (χ1v) is 14.7. The fraction of sp³-hybridized carbons (Fsp3) is 0.613. The van der Waals surface area contributed by atoms with E-state index in [-0.39, 0.29) is 35.3 Å². The van der Waals surface area contributed by atoms with Gasteiger partial charge in [-0.15, -0.1) is 0 Å². The maximum Gasteiger partial charge on any atom is 0.407 e. The first kappa shape index (κ1) is 32.8. The average Bonchev–Trinajstić information content (AvgIpc) is 2.91. The number of ether oxygens (including phenoxy) is 1. The lowest BCUT2D eigenvalue weighted by Crippen LogP contribution is -2.35. The van der Waals surface area contributed by atoms with E-state index >= 15 is 0 Å². The van der Waals surface area contributed by atoms with Crippen molar-refractivity contribution in [1.82, 2.24) is 21.4 Å². The zero-order chi connectivity index (χ0) is 29.5. The summed E-state index contributed by atoms with van der Waals surface area (Å²) in [5, 5.41) is 13.0. The highest BCUT2D eigenvalue weighted by Gasteiger charge is 2.29. The molecule has 2 aliphatic rings. The monoisotopic (exact) mass is 555 g/mol. The van der Waals surface area contributed by atoms with Crippen LogP contribution in [0.4, 0.5) is 4.79 Å². The Kier molecular flexibility index (Phi) is 13.7. The summed E-state index contributed by atoms with van der Waals surface area (Å²) in [5.74, 6) is -0.0170. The van der Waals surface area contributed by atoms with Crippen molar-refractivity contribution >= 4 is 23.6 Å². The summed E-state index contributed by atoms with van der Waals surface area (Å²) in [6.45, 7) is 13.6. The van der Waals surface area contributed by atoms with E-state index in [0.29, 0.717) is 31.6 Å². The molecule has 2 atom stereocenters. The van der Waals surface area contributed by atoms with Gasteiger partial charge in [0, 0.05) is 43.7 Å². The number of carbonyl (C=O) groups excluding carboxylic acids is 3. The number of amides is 3. The summed E-state index contributed by atoms with van der Waals surface area (Å²) in [7, 11) is 0. The van der Waals surface area contributed by atoms with Gasteiger partial charge in [-0.05, 0) is 60.8 Å². The summed E-state index contributed by atoms with van der Waals surface area (Å²) >= 11 is 0. The number of nitrogens with one attached hydrogen (secondary N) is 4. The molecule has 3 rings (SSSR count). The van der Waals surface area contributed by atoms with Crippen LogP contribution in [-0.2, 0) is 9.53 Å². The topological polar surface area (TPSA) is 121 Å². The molecule has 2 unspecified atom stereocenters. The highest BCUT2D eigenvalue weighted by molar-refractivity contribution is 6.05. The van der Waals surface area contributed by atoms with Gasteiger partial charge in [0.1, 0.15) is 6.10 Å². The second-order valence-corrected chi connectivity index (χ2v) is 11.6. The Bertz CT molecular complexity index is 1030. The summed E-state index contributed by atoms with van der Waals surface area (Å²) in [6.07, 6.45) is 7.47. The van der Waals surface area contributed by atoms with Crippen molar-refractivity contribution in [3.05, 3.63) is 47.2 Å². The Labute approximate surface area is 240 Å². The summed E-state index contributed by atoms with van der Waals surface area (Å²) in [5.41, 5.74) is 6.82. The van der Waals surface area contributed by atoms with Crippen molar-refractivity contribution in [3.8, 4) is 0 Å². The van der Waals surface area contributed by atoms with E-state index in [1.54, 1.807) is 19.1 Å². The molecular formula is C31H49N5O4. The number of allylic oxidation sites excluding steroid dienone is 1. The Balaban J connectivity index is 0.00000178. The van der Waals surface area contributed by atoms with Gasteiger partial charge in [0.15, 0.2) is 0 Å². The molecule has 0 aromatic heterocycles. The normalized spacial score (nSPS) is 18.6. The van der Waals surface area contributed by atoms with Crippen molar-refractivity contribution < 1.29 is 19.1 Å². The number of carbonyl (C=O) groups is 3. The minimum atomic E-state index is -0.343. The molecular weight excluding hydrogens is 506 g/mol. The molecule has 222 valence electrons. The minimum absolute atomic E-state index is 0.0108. The van der Waals surface area contributed by atoms with Gasteiger partial charge in [-0.3, -0.25) is 15.0 Å². The Morgan fingerprint density at radius 1 is 0.975 bits per heavy atom. The molecule has 0 radical (unpaired) electrons. The third-order valence-corrected chi connectivity index (χ3v) is 6.52. The zero-order valence-corrected chi connectivity index (χ0v) is 25.2. The van der Waals surface area contributed by atoms with Crippen LogP contribution in [0.5, 0.6) is 0 Å². The number of alkyl carbamates (subject to hydrolysis) is 1. The third kappa shape index (κ3) is 11.4. The maximum absolute atomic E-state index is 12.4. The van der Waals surface area contributed by atoms with Gasteiger partial charge in [0.2, 0.25) is 5.91 Å². The maximum atomic E-state index is 12.4. The van der Waals surface area contributed by atoms with Crippen molar-refractivity contribution in [1.29, 1.82) is 0 Å². The van der Waals surface area contributed by atoms with Crippen molar-refractivity contribution in [3.63, 3.8) is 0 Å². The number of benzene rings is 1. The Morgan fingerprint density at radius 2 is 1.65 bits per heavy atom. The molecule has 9 nitrogen and oxygen atoms in total. The molecule has 1 saturated carbocycles. The van der Waals surface area contributed by atoms with Crippen molar-refractivity contribution in [2.24, 2.45) is 16.4 Å². The summed E-state index contributed by atoms with van der Waals surface area (Å²) < 4.78 is 5.72. The molecule has 1 aromatic rings. The second kappa shape index (κ2) is 16.7. The first-order chi connectivity index (χ1) is 19.1. The second-order valence-electron chi connectivity index (χ2n) is 11.6. The van der Waals surface area contributed by atoms with Gasteiger partial charge >= 0.3 is 6.09 Å². The molecule has 1 aliphatic heterocycles. The van der Waals surface area contributed by atoms with E-state index in [4.69, 9.17) is 4.74 Å². The van der Waals surface area contributed by atoms with Crippen LogP contribution in [0.3, 0.4) is 0 Å². The van der Waals surface area contributed by atoms with E-state index in [9.17, 15) is 14.4 Å². The number of fused-ring (bicyclic) bond motifs is 1. The van der Waals surface area contributed by atoms with Gasteiger partial charge in [0.05, 0.1) is 5.71 Å². The Morgan fingerprint density at radius 3 is 2.30 bits per heavy atom.